The van der Waals surface area contributed by atoms with Crippen LogP contribution in [0.25, 0.3) is 10.8 Å². The van der Waals surface area contributed by atoms with Crippen molar-refractivity contribution in [3.63, 3.8) is 0 Å². The molecule has 1 atom stereocenters. The Hall–Kier alpha value is -2.70. The van der Waals surface area contributed by atoms with Gasteiger partial charge in [-0.15, -0.1) is 11.8 Å². The van der Waals surface area contributed by atoms with Crippen molar-refractivity contribution in [2.24, 2.45) is 0 Å². The molecule has 0 unspecified atom stereocenters. The molecule has 0 bridgehead atoms. The van der Waals surface area contributed by atoms with E-state index in [4.69, 9.17) is 4.74 Å². The van der Waals surface area contributed by atoms with Crippen molar-refractivity contribution in [1.29, 1.82) is 0 Å². The molecular weight excluding hydrogens is 374 g/mol. The number of hydrogen-bond acceptors (Lipinski definition) is 5. The van der Waals surface area contributed by atoms with Crippen molar-refractivity contribution in [2.45, 2.75) is 23.8 Å². The maximum Gasteiger partial charge on any atom is 0.412 e. The molecule has 0 aliphatic rings. The fourth-order valence-corrected chi connectivity index (χ4v) is 3.50. The van der Waals surface area contributed by atoms with Crippen molar-refractivity contribution in [3.05, 3.63) is 66.2 Å². The van der Waals surface area contributed by atoms with E-state index in [1.54, 1.807) is 23.9 Å². The number of carbonyl (C=O) groups is 1. The van der Waals surface area contributed by atoms with Crippen molar-refractivity contribution in [1.82, 2.24) is 0 Å². The minimum Gasteiger partial charge on any atom is -0.507 e. The molecule has 0 fully saturated rings. The SMILES string of the molecule is CSc1ccc(NC(=O)O[C@@H](CCCO)c2ccc(O)c3ccccc23)cc1. The summed E-state index contributed by atoms with van der Waals surface area (Å²) in [5.41, 5.74) is 1.45. The van der Waals surface area contributed by atoms with Crippen LogP contribution in [0.2, 0.25) is 0 Å². The average Bonchev–Trinajstić information content (AvgIpc) is 2.72. The summed E-state index contributed by atoms with van der Waals surface area (Å²) in [6.45, 7) is 0.00758. The van der Waals surface area contributed by atoms with Crippen LogP contribution in [0.5, 0.6) is 5.75 Å². The molecule has 0 aliphatic carbocycles. The summed E-state index contributed by atoms with van der Waals surface area (Å²) in [6, 6.07) is 18.3. The van der Waals surface area contributed by atoms with Gasteiger partial charge in [0.15, 0.2) is 0 Å². The Morgan fingerprint density at radius 3 is 2.46 bits per heavy atom. The van der Waals surface area contributed by atoms with Gasteiger partial charge in [0, 0.05) is 28.1 Å². The number of benzene rings is 3. The average molecular weight is 397 g/mol. The maximum absolute atomic E-state index is 12.5. The van der Waals surface area contributed by atoms with Crippen molar-refractivity contribution < 1.29 is 19.7 Å². The summed E-state index contributed by atoms with van der Waals surface area (Å²) in [7, 11) is 0. The number of aliphatic hydroxyl groups excluding tert-OH is 1. The molecule has 0 saturated carbocycles. The molecule has 1 amide bonds. The Balaban J connectivity index is 1.82. The molecule has 0 heterocycles. The number of hydrogen-bond donors (Lipinski definition) is 3. The highest BCUT2D eigenvalue weighted by Gasteiger charge is 2.20. The van der Waals surface area contributed by atoms with Crippen LogP contribution in [-0.4, -0.2) is 29.2 Å². The van der Waals surface area contributed by atoms with Gasteiger partial charge in [-0.25, -0.2) is 4.79 Å². The monoisotopic (exact) mass is 397 g/mol. The second kappa shape index (κ2) is 9.48. The number of amides is 1. The Bertz CT molecular complexity index is 943. The number of anilines is 1. The predicted octanol–water partition coefficient (Wildman–Crippen LogP) is 5.33. The van der Waals surface area contributed by atoms with E-state index in [1.807, 2.05) is 54.8 Å². The van der Waals surface area contributed by atoms with Gasteiger partial charge < -0.3 is 14.9 Å². The molecule has 0 radical (unpaired) electrons. The number of ether oxygens (including phenoxy) is 1. The molecule has 0 aromatic heterocycles. The quantitative estimate of drug-likeness (QED) is 0.470. The lowest BCUT2D eigenvalue weighted by Crippen LogP contribution is -2.18. The van der Waals surface area contributed by atoms with Gasteiger partial charge in [-0.3, -0.25) is 5.32 Å². The largest absolute Gasteiger partial charge is 0.507 e. The highest BCUT2D eigenvalue weighted by atomic mass is 32.2. The first-order chi connectivity index (χ1) is 13.6. The van der Waals surface area contributed by atoms with Crippen LogP contribution in [0.4, 0.5) is 10.5 Å². The molecule has 5 nitrogen and oxygen atoms in total. The number of aromatic hydroxyl groups is 1. The van der Waals surface area contributed by atoms with E-state index in [9.17, 15) is 15.0 Å². The number of aliphatic hydroxyl groups is 1. The van der Waals surface area contributed by atoms with Crippen LogP contribution in [-0.2, 0) is 4.74 Å². The lowest BCUT2D eigenvalue weighted by Gasteiger charge is -2.20. The summed E-state index contributed by atoms with van der Waals surface area (Å²) in [5, 5.41) is 23.6. The molecule has 3 N–H and O–H groups in total. The number of rotatable bonds is 7. The summed E-state index contributed by atoms with van der Waals surface area (Å²) in [6.07, 6.45) is 1.87. The molecule has 3 aromatic rings. The van der Waals surface area contributed by atoms with E-state index in [1.165, 1.54) is 0 Å². The zero-order chi connectivity index (χ0) is 19.9. The van der Waals surface area contributed by atoms with Crippen LogP contribution >= 0.6 is 11.8 Å². The fourth-order valence-electron chi connectivity index (χ4n) is 3.09. The fraction of sp³-hybridized carbons (Fsp3) is 0.227. The summed E-state index contributed by atoms with van der Waals surface area (Å²) >= 11 is 1.63. The molecular formula is C22H23NO4S. The molecule has 3 aromatic carbocycles. The van der Waals surface area contributed by atoms with E-state index in [-0.39, 0.29) is 12.4 Å². The first-order valence-electron chi connectivity index (χ1n) is 9.05. The maximum atomic E-state index is 12.5. The van der Waals surface area contributed by atoms with E-state index >= 15 is 0 Å². The van der Waals surface area contributed by atoms with Gasteiger partial charge >= 0.3 is 6.09 Å². The van der Waals surface area contributed by atoms with Crippen LogP contribution < -0.4 is 5.32 Å². The third kappa shape index (κ3) is 4.77. The van der Waals surface area contributed by atoms with Crippen LogP contribution in [0.15, 0.2) is 65.6 Å². The van der Waals surface area contributed by atoms with E-state index < -0.39 is 12.2 Å². The van der Waals surface area contributed by atoms with Crippen LogP contribution in [0.1, 0.15) is 24.5 Å². The molecule has 6 heteroatoms. The van der Waals surface area contributed by atoms with Gasteiger partial charge in [-0.05, 0) is 54.8 Å². The van der Waals surface area contributed by atoms with Crippen molar-refractivity contribution >= 4 is 34.3 Å². The summed E-state index contributed by atoms with van der Waals surface area (Å²) in [5.74, 6) is 0.179. The van der Waals surface area contributed by atoms with E-state index in [2.05, 4.69) is 5.32 Å². The summed E-state index contributed by atoms with van der Waals surface area (Å²) < 4.78 is 5.70. The zero-order valence-corrected chi connectivity index (χ0v) is 16.4. The molecule has 146 valence electrons. The van der Waals surface area contributed by atoms with Gasteiger partial charge in [0.05, 0.1) is 0 Å². The minimum absolute atomic E-state index is 0.00758. The number of thioether (sulfide) groups is 1. The normalized spacial score (nSPS) is 11.9. The standard InChI is InChI=1S/C22H23NO4S/c1-28-16-10-8-15(9-11-16)23-22(26)27-21(7-4-14-24)19-12-13-20(25)18-6-3-2-5-17(18)19/h2-3,5-6,8-13,21,24-25H,4,7,14H2,1H3,(H,23,26)/t21-/m0/s1. The predicted molar refractivity (Wildman–Crippen MR) is 113 cm³/mol. The van der Waals surface area contributed by atoms with Crippen molar-refractivity contribution in [2.75, 3.05) is 18.2 Å². The first kappa shape index (κ1) is 20.0. The Labute approximate surface area is 168 Å². The van der Waals surface area contributed by atoms with Crippen LogP contribution in [0, 0.1) is 0 Å². The second-order valence-corrected chi connectivity index (χ2v) is 7.21. The summed E-state index contributed by atoms with van der Waals surface area (Å²) in [4.78, 5) is 13.6. The third-order valence-corrected chi connectivity index (χ3v) is 5.24. The van der Waals surface area contributed by atoms with E-state index in [0.29, 0.717) is 23.9 Å². The van der Waals surface area contributed by atoms with Gasteiger partial charge in [0.1, 0.15) is 11.9 Å². The Kier molecular flexibility index (Phi) is 6.79. The van der Waals surface area contributed by atoms with Crippen LogP contribution in [0.3, 0.4) is 0 Å². The van der Waals surface area contributed by atoms with Gasteiger partial charge in [-0.2, -0.15) is 0 Å². The highest BCUT2D eigenvalue weighted by molar-refractivity contribution is 7.98. The number of phenolic OH excluding ortho intramolecular Hbond substituents is 1. The van der Waals surface area contributed by atoms with Crippen molar-refractivity contribution in [3.8, 4) is 5.75 Å². The molecule has 0 saturated heterocycles. The lowest BCUT2D eigenvalue weighted by molar-refractivity contribution is 0.100. The number of phenols is 1. The topological polar surface area (TPSA) is 78.8 Å². The van der Waals surface area contributed by atoms with Gasteiger partial charge in [0.25, 0.3) is 0 Å². The molecule has 28 heavy (non-hydrogen) atoms. The lowest BCUT2D eigenvalue weighted by atomic mass is 9.97. The van der Waals surface area contributed by atoms with E-state index in [0.717, 1.165) is 15.8 Å². The zero-order valence-electron chi connectivity index (χ0n) is 15.6. The molecule has 3 rings (SSSR count). The highest BCUT2D eigenvalue weighted by Crippen LogP contribution is 2.34. The molecule has 0 aliphatic heterocycles. The second-order valence-electron chi connectivity index (χ2n) is 6.33. The first-order valence-corrected chi connectivity index (χ1v) is 10.3. The Morgan fingerprint density at radius 1 is 1.07 bits per heavy atom. The third-order valence-electron chi connectivity index (χ3n) is 4.49. The number of nitrogens with one attached hydrogen (secondary N) is 1. The van der Waals surface area contributed by atoms with Gasteiger partial charge in [-0.1, -0.05) is 30.3 Å². The smallest absolute Gasteiger partial charge is 0.412 e. The number of fused-ring (bicyclic) bond motifs is 1. The minimum atomic E-state index is -0.558. The number of carbonyl (C=O) groups excluding carboxylic acids is 1. The van der Waals surface area contributed by atoms with Gasteiger partial charge in [0.2, 0.25) is 0 Å². The Morgan fingerprint density at radius 2 is 1.79 bits per heavy atom. The molecule has 0 spiro atoms.